The summed E-state index contributed by atoms with van der Waals surface area (Å²) in [5.74, 6) is -1.18. The monoisotopic (exact) mass is 377 g/mol. The van der Waals surface area contributed by atoms with Gasteiger partial charge in [0, 0.05) is 17.1 Å². The fraction of sp³-hybridized carbons (Fsp3) is 0.462. The molecule has 0 aromatic heterocycles. The Bertz CT molecular complexity index is 673. The van der Waals surface area contributed by atoms with Crippen molar-refractivity contribution < 1.29 is 23.4 Å². The highest BCUT2D eigenvalue weighted by atomic mass is 79.9. The number of rotatable bonds is 4. The molecule has 0 bridgehead atoms. The molecule has 2 rings (SSSR count). The zero-order valence-electron chi connectivity index (χ0n) is 11.4. The molecule has 1 saturated heterocycles. The lowest BCUT2D eigenvalue weighted by Gasteiger charge is -2.23. The Kier molecular flexibility index (Phi) is 4.72. The molecule has 0 unspecified atom stereocenters. The number of carboxylic acids is 1. The van der Waals surface area contributed by atoms with Gasteiger partial charge in [0.2, 0.25) is 10.0 Å². The molecule has 1 aliphatic heterocycles. The summed E-state index contributed by atoms with van der Waals surface area (Å²) in [4.78, 5) is 11.2. The highest BCUT2D eigenvalue weighted by molar-refractivity contribution is 9.10. The van der Waals surface area contributed by atoms with Gasteiger partial charge in [-0.25, -0.2) is 13.2 Å². The zero-order valence-corrected chi connectivity index (χ0v) is 13.8. The van der Waals surface area contributed by atoms with E-state index in [1.807, 2.05) is 0 Å². The molecular formula is C13H16BrNO5S. The Hall–Kier alpha value is -0.960. The summed E-state index contributed by atoms with van der Waals surface area (Å²) in [6.45, 7) is 1.70. The second-order valence-electron chi connectivity index (χ2n) is 4.98. The first-order valence-electron chi connectivity index (χ1n) is 6.45. The van der Waals surface area contributed by atoms with Crippen molar-refractivity contribution in [1.29, 1.82) is 0 Å². The SMILES string of the molecule is Cc1c(Br)cc(S(=O)(=O)N2CCC[C@H]2CO)cc1C(=O)O. The van der Waals surface area contributed by atoms with Crippen molar-refractivity contribution in [2.75, 3.05) is 13.2 Å². The maximum Gasteiger partial charge on any atom is 0.336 e. The average molecular weight is 378 g/mol. The second-order valence-corrected chi connectivity index (χ2v) is 7.72. The molecule has 1 aliphatic rings. The smallest absolute Gasteiger partial charge is 0.336 e. The van der Waals surface area contributed by atoms with Crippen molar-refractivity contribution in [2.24, 2.45) is 0 Å². The molecular weight excluding hydrogens is 362 g/mol. The number of aromatic carboxylic acids is 1. The highest BCUT2D eigenvalue weighted by Crippen LogP contribution is 2.30. The number of aliphatic hydroxyl groups is 1. The lowest BCUT2D eigenvalue weighted by molar-refractivity contribution is 0.0695. The van der Waals surface area contributed by atoms with E-state index in [2.05, 4.69) is 15.9 Å². The molecule has 116 valence electrons. The van der Waals surface area contributed by atoms with Gasteiger partial charge in [-0.1, -0.05) is 15.9 Å². The van der Waals surface area contributed by atoms with E-state index in [1.54, 1.807) is 6.92 Å². The summed E-state index contributed by atoms with van der Waals surface area (Å²) >= 11 is 3.20. The lowest BCUT2D eigenvalue weighted by Crippen LogP contribution is -2.37. The number of aliphatic hydroxyl groups excluding tert-OH is 1. The maximum atomic E-state index is 12.6. The fourth-order valence-electron chi connectivity index (χ4n) is 2.47. The van der Waals surface area contributed by atoms with Crippen LogP contribution in [-0.4, -0.2) is 48.1 Å². The molecule has 0 amide bonds. The van der Waals surface area contributed by atoms with E-state index >= 15 is 0 Å². The van der Waals surface area contributed by atoms with E-state index < -0.39 is 22.0 Å². The van der Waals surface area contributed by atoms with Gasteiger partial charge in [0.15, 0.2) is 0 Å². The Labute approximate surface area is 131 Å². The largest absolute Gasteiger partial charge is 0.478 e. The van der Waals surface area contributed by atoms with Crippen LogP contribution in [0.15, 0.2) is 21.5 Å². The van der Waals surface area contributed by atoms with Gasteiger partial charge >= 0.3 is 5.97 Å². The molecule has 1 atom stereocenters. The van der Waals surface area contributed by atoms with E-state index in [1.165, 1.54) is 16.4 Å². The Morgan fingerprint density at radius 2 is 2.14 bits per heavy atom. The number of sulfonamides is 1. The van der Waals surface area contributed by atoms with Crippen LogP contribution in [0.2, 0.25) is 0 Å². The molecule has 0 radical (unpaired) electrons. The molecule has 0 aliphatic carbocycles. The van der Waals surface area contributed by atoms with Crippen LogP contribution in [-0.2, 0) is 10.0 Å². The van der Waals surface area contributed by atoms with Crippen LogP contribution in [0.25, 0.3) is 0 Å². The Morgan fingerprint density at radius 1 is 1.48 bits per heavy atom. The van der Waals surface area contributed by atoms with Gasteiger partial charge in [0.1, 0.15) is 0 Å². The van der Waals surface area contributed by atoms with Crippen molar-refractivity contribution in [1.82, 2.24) is 4.31 Å². The van der Waals surface area contributed by atoms with Gasteiger partial charge in [0.05, 0.1) is 17.1 Å². The summed E-state index contributed by atoms with van der Waals surface area (Å²) in [5, 5.41) is 18.5. The number of nitrogens with zero attached hydrogens (tertiary/aromatic N) is 1. The van der Waals surface area contributed by atoms with Crippen LogP contribution in [0.3, 0.4) is 0 Å². The molecule has 1 fully saturated rings. The molecule has 2 N–H and O–H groups in total. The van der Waals surface area contributed by atoms with E-state index in [0.29, 0.717) is 29.4 Å². The van der Waals surface area contributed by atoms with Crippen molar-refractivity contribution in [2.45, 2.75) is 30.7 Å². The van der Waals surface area contributed by atoms with Crippen molar-refractivity contribution in [3.63, 3.8) is 0 Å². The standard InChI is InChI=1S/C13H16BrNO5S/c1-8-11(13(17)18)5-10(6-12(8)14)21(19,20)15-4-2-3-9(15)7-16/h5-6,9,16H,2-4,7H2,1H3,(H,17,18)/t9-/m0/s1. The number of carbonyl (C=O) groups is 1. The van der Waals surface area contributed by atoms with E-state index in [-0.39, 0.29) is 17.1 Å². The minimum atomic E-state index is -3.82. The third kappa shape index (κ3) is 2.98. The van der Waals surface area contributed by atoms with Gasteiger partial charge in [0.25, 0.3) is 0 Å². The predicted molar refractivity (Wildman–Crippen MR) is 79.8 cm³/mol. The van der Waals surface area contributed by atoms with E-state index in [0.717, 1.165) is 0 Å². The number of hydrogen-bond donors (Lipinski definition) is 2. The normalized spacial score (nSPS) is 19.9. The molecule has 0 saturated carbocycles. The summed E-state index contributed by atoms with van der Waals surface area (Å²) in [6.07, 6.45) is 1.29. The quantitative estimate of drug-likeness (QED) is 0.830. The first kappa shape index (κ1) is 16.4. The van der Waals surface area contributed by atoms with Gasteiger partial charge in [-0.15, -0.1) is 0 Å². The summed E-state index contributed by atoms with van der Waals surface area (Å²) in [6, 6.07) is 2.14. The van der Waals surface area contributed by atoms with Gasteiger partial charge < -0.3 is 10.2 Å². The minimum Gasteiger partial charge on any atom is -0.478 e. The van der Waals surface area contributed by atoms with Gasteiger partial charge in [-0.2, -0.15) is 4.31 Å². The number of benzene rings is 1. The van der Waals surface area contributed by atoms with Crippen LogP contribution in [0.1, 0.15) is 28.8 Å². The molecule has 21 heavy (non-hydrogen) atoms. The third-order valence-electron chi connectivity index (χ3n) is 3.69. The molecule has 1 heterocycles. The average Bonchev–Trinajstić information content (AvgIpc) is 2.90. The number of carboxylic acid groups (broad SMARTS) is 1. The maximum absolute atomic E-state index is 12.6. The van der Waals surface area contributed by atoms with Crippen LogP contribution >= 0.6 is 15.9 Å². The number of halogens is 1. The Morgan fingerprint density at radius 3 is 2.71 bits per heavy atom. The van der Waals surface area contributed by atoms with Crippen LogP contribution < -0.4 is 0 Å². The topological polar surface area (TPSA) is 94.9 Å². The second kappa shape index (κ2) is 6.04. The molecule has 1 aromatic rings. The summed E-state index contributed by atoms with van der Waals surface area (Å²) in [5.41, 5.74) is 0.421. The van der Waals surface area contributed by atoms with Crippen LogP contribution in [0.4, 0.5) is 0 Å². The van der Waals surface area contributed by atoms with Gasteiger partial charge in [-0.05, 0) is 37.5 Å². The predicted octanol–water partition coefficient (Wildman–Crippen LogP) is 1.60. The third-order valence-corrected chi connectivity index (χ3v) is 6.44. The molecule has 1 aromatic carbocycles. The summed E-state index contributed by atoms with van der Waals surface area (Å²) < 4.78 is 27.0. The first-order valence-corrected chi connectivity index (χ1v) is 8.68. The van der Waals surface area contributed by atoms with Crippen molar-refractivity contribution in [3.8, 4) is 0 Å². The molecule has 0 spiro atoms. The molecule has 8 heteroatoms. The van der Waals surface area contributed by atoms with Gasteiger partial charge in [-0.3, -0.25) is 0 Å². The minimum absolute atomic E-state index is 0.0531. The molecule has 6 nitrogen and oxygen atoms in total. The zero-order chi connectivity index (χ0) is 15.8. The van der Waals surface area contributed by atoms with Crippen molar-refractivity contribution >= 4 is 31.9 Å². The Balaban J connectivity index is 2.53. The van der Waals surface area contributed by atoms with E-state index in [9.17, 15) is 23.4 Å². The number of hydrogen-bond acceptors (Lipinski definition) is 4. The fourth-order valence-corrected chi connectivity index (χ4v) is 4.82. The summed E-state index contributed by atoms with van der Waals surface area (Å²) in [7, 11) is -3.82. The highest BCUT2D eigenvalue weighted by Gasteiger charge is 2.35. The van der Waals surface area contributed by atoms with Crippen LogP contribution in [0.5, 0.6) is 0 Å². The van der Waals surface area contributed by atoms with Crippen molar-refractivity contribution in [3.05, 3.63) is 27.7 Å². The first-order chi connectivity index (χ1) is 9.78. The lowest BCUT2D eigenvalue weighted by atomic mass is 10.1. The van der Waals surface area contributed by atoms with Crippen LogP contribution in [0, 0.1) is 6.92 Å². The van der Waals surface area contributed by atoms with E-state index in [4.69, 9.17) is 0 Å².